The first-order valence-corrected chi connectivity index (χ1v) is 7.67. The van der Waals surface area contributed by atoms with Gasteiger partial charge >= 0.3 is 11.8 Å². The average Bonchev–Trinajstić information content (AvgIpc) is 2.51. The number of benzene rings is 2. The quantitative estimate of drug-likeness (QED) is 0.842. The van der Waals surface area contributed by atoms with Gasteiger partial charge in [-0.25, -0.2) is 0 Å². The fourth-order valence-electron chi connectivity index (χ4n) is 2.32. The van der Waals surface area contributed by atoms with Crippen LogP contribution in [0.3, 0.4) is 0 Å². The van der Waals surface area contributed by atoms with E-state index in [0.29, 0.717) is 17.3 Å². The van der Waals surface area contributed by atoms with E-state index < -0.39 is 11.8 Å². The van der Waals surface area contributed by atoms with Crippen molar-refractivity contribution in [3.63, 3.8) is 0 Å². The molecule has 23 heavy (non-hydrogen) atoms. The first-order valence-electron chi connectivity index (χ1n) is 7.67. The molecule has 2 rings (SSSR count). The van der Waals surface area contributed by atoms with Crippen molar-refractivity contribution in [2.75, 3.05) is 10.6 Å². The van der Waals surface area contributed by atoms with Crippen LogP contribution in [-0.4, -0.2) is 11.8 Å². The monoisotopic (exact) mass is 310 g/mol. The summed E-state index contributed by atoms with van der Waals surface area (Å²) in [6.45, 7) is 7.99. The van der Waals surface area contributed by atoms with E-state index in [-0.39, 0.29) is 0 Å². The lowest BCUT2D eigenvalue weighted by atomic mass is 10.0. The molecular weight excluding hydrogens is 288 g/mol. The average molecular weight is 310 g/mol. The molecule has 0 radical (unpaired) electrons. The Hall–Kier alpha value is -2.62. The predicted octanol–water partition coefficient (Wildman–Crippen LogP) is 4.00. The first kappa shape index (κ1) is 16.7. The Bertz CT molecular complexity index is 698. The highest BCUT2D eigenvalue weighted by molar-refractivity contribution is 6.43. The van der Waals surface area contributed by atoms with E-state index in [4.69, 9.17) is 0 Å². The third-order valence-electron chi connectivity index (χ3n) is 3.76. The zero-order valence-electron chi connectivity index (χ0n) is 13.9. The first-order chi connectivity index (χ1) is 10.9. The predicted molar refractivity (Wildman–Crippen MR) is 93.7 cm³/mol. The van der Waals surface area contributed by atoms with E-state index in [0.717, 1.165) is 11.1 Å². The van der Waals surface area contributed by atoms with Gasteiger partial charge in [0.25, 0.3) is 0 Å². The summed E-state index contributed by atoms with van der Waals surface area (Å²) in [5.74, 6) is -0.924. The molecule has 120 valence electrons. The molecule has 4 nitrogen and oxygen atoms in total. The molecule has 2 N–H and O–H groups in total. The van der Waals surface area contributed by atoms with Crippen LogP contribution >= 0.6 is 0 Å². The van der Waals surface area contributed by atoms with Crippen molar-refractivity contribution in [3.05, 3.63) is 59.2 Å². The molecule has 0 saturated heterocycles. The van der Waals surface area contributed by atoms with Gasteiger partial charge in [-0.15, -0.1) is 0 Å². The van der Waals surface area contributed by atoms with Crippen LogP contribution in [0.4, 0.5) is 11.4 Å². The minimum Gasteiger partial charge on any atom is -0.318 e. The zero-order chi connectivity index (χ0) is 17.0. The van der Waals surface area contributed by atoms with Crippen LogP contribution in [0, 0.1) is 13.8 Å². The van der Waals surface area contributed by atoms with Crippen LogP contribution in [-0.2, 0) is 9.59 Å². The second-order valence-corrected chi connectivity index (χ2v) is 5.95. The van der Waals surface area contributed by atoms with Crippen LogP contribution in [0.25, 0.3) is 0 Å². The molecule has 0 heterocycles. The van der Waals surface area contributed by atoms with Gasteiger partial charge in [-0.1, -0.05) is 44.2 Å². The molecule has 0 aliphatic carbocycles. The summed E-state index contributed by atoms with van der Waals surface area (Å²) >= 11 is 0. The number of rotatable bonds is 3. The van der Waals surface area contributed by atoms with Gasteiger partial charge in [0.1, 0.15) is 0 Å². The number of aryl methyl sites for hydroxylation is 2. The Morgan fingerprint density at radius 1 is 0.826 bits per heavy atom. The van der Waals surface area contributed by atoms with Gasteiger partial charge in [-0.05, 0) is 48.6 Å². The summed E-state index contributed by atoms with van der Waals surface area (Å²) in [5.41, 5.74) is 4.32. The van der Waals surface area contributed by atoms with E-state index in [2.05, 4.69) is 24.5 Å². The van der Waals surface area contributed by atoms with Gasteiger partial charge in [0.05, 0.1) is 0 Å². The van der Waals surface area contributed by atoms with Gasteiger partial charge in [0.15, 0.2) is 0 Å². The van der Waals surface area contributed by atoms with E-state index in [9.17, 15) is 9.59 Å². The Morgan fingerprint density at radius 2 is 1.35 bits per heavy atom. The van der Waals surface area contributed by atoms with Crippen molar-refractivity contribution in [2.24, 2.45) is 0 Å². The molecule has 0 saturated carbocycles. The number of carbonyl (C=O) groups is 2. The summed E-state index contributed by atoms with van der Waals surface area (Å²) < 4.78 is 0. The van der Waals surface area contributed by atoms with Crippen molar-refractivity contribution in [2.45, 2.75) is 33.6 Å². The standard InChI is InChI=1S/C19H22N2O2/c1-12(2)15-8-10-16(11-9-15)20-18(22)19(23)21-17-13(3)6-5-7-14(17)4/h5-12H,1-4H3,(H,20,22)(H,21,23). The van der Waals surface area contributed by atoms with Gasteiger partial charge in [0, 0.05) is 11.4 Å². The minimum absolute atomic E-state index is 0.423. The van der Waals surface area contributed by atoms with Gasteiger partial charge in [0.2, 0.25) is 0 Å². The number of hydrogen-bond acceptors (Lipinski definition) is 2. The molecule has 0 aliphatic rings. The summed E-state index contributed by atoms with van der Waals surface area (Å²) in [6, 6.07) is 13.2. The molecule has 0 atom stereocenters. The van der Waals surface area contributed by atoms with E-state index in [1.54, 1.807) is 12.1 Å². The fraction of sp³-hybridized carbons (Fsp3) is 0.263. The maximum absolute atomic E-state index is 12.1. The van der Waals surface area contributed by atoms with Crippen LogP contribution in [0.1, 0.15) is 36.5 Å². The molecule has 4 heteroatoms. The summed E-state index contributed by atoms with van der Waals surface area (Å²) in [5, 5.41) is 5.29. The van der Waals surface area contributed by atoms with Crippen molar-refractivity contribution < 1.29 is 9.59 Å². The lowest BCUT2D eigenvalue weighted by Gasteiger charge is -2.12. The highest BCUT2D eigenvalue weighted by atomic mass is 16.2. The van der Waals surface area contributed by atoms with E-state index in [1.807, 2.05) is 44.2 Å². The number of anilines is 2. The van der Waals surface area contributed by atoms with Crippen LogP contribution in [0.5, 0.6) is 0 Å². The molecular formula is C19H22N2O2. The smallest absolute Gasteiger partial charge is 0.314 e. The number of amides is 2. The Balaban J connectivity index is 2.04. The van der Waals surface area contributed by atoms with Crippen LogP contribution in [0.2, 0.25) is 0 Å². The highest BCUT2D eigenvalue weighted by Gasteiger charge is 2.16. The lowest BCUT2D eigenvalue weighted by molar-refractivity contribution is -0.133. The molecule has 0 aliphatic heterocycles. The van der Waals surface area contributed by atoms with Gasteiger partial charge in [-0.3, -0.25) is 9.59 Å². The van der Waals surface area contributed by atoms with Gasteiger partial charge < -0.3 is 10.6 Å². The molecule has 2 aromatic carbocycles. The minimum atomic E-state index is -0.676. The summed E-state index contributed by atoms with van der Waals surface area (Å²) in [6.07, 6.45) is 0. The van der Waals surface area contributed by atoms with Crippen LogP contribution in [0.15, 0.2) is 42.5 Å². The molecule has 0 aromatic heterocycles. The number of nitrogens with one attached hydrogen (secondary N) is 2. The van der Waals surface area contributed by atoms with Crippen molar-refractivity contribution in [1.82, 2.24) is 0 Å². The molecule has 2 amide bonds. The van der Waals surface area contributed by atoms with Crippen molar-refractivity contribution >= 4 is 23.2 Å². The third kappa shape index (κ3) is 4.19. The SMILES string of the molecule is Cc1cccc(C)c1NC(=O)C(=O)Nc1ccc(C(C)C)cc1. The Kier molecular flexibility index (Phi) is 5.16. The maximum Gasteiger partial charge on any atom is 0.314 e. The second kappa shape index (κ2) is 7.09. The van der Waals surface area contributed by atoms with Crippen molar-refractivity contribution in [3.8, 4) is 0 Å². The van der Waals surface area contributed by atoms with Crippen LogP contribution < -0.4 is 10.6 Å². The lowest BCUT2D eigenvalue weighted by Crippen LogP contribution is -2.29. The number of hydrogen-bond donors (Lipinski definition) is 2. The highest BCUT2D eigenvalue weighted by Crippen LogP contribution is 2.20. The van der Waals surface area contributed by atoms with Crippen molar-refractivity contribution in [1.29, 1.82) is 0 Å². The largest absolute Gasteiger partial charge is 0.318 e. The molecule has 0 bridgehead atoms. The molecule has 0 unspecified atom stereocenters. The number of carbonyl (C=O) groups excluding carboxylic acids is 2. The Morgan fingerprint density at radius 3 is 1.87 bits per heavy atom. The fourth-order valence-corrected chi connectivity index (χ4v) is 2.32. The third-order valence-corrected chi connectivity index (χ3v) is 3.76. The molecule has 2 aromatic rings. The summed E-state index contributed by atoms with van der Waals surface area (Å²) in [4.78, 5) is 24.1. The normalized spacial score (nSPS) is 10.5. The number of para-hydroxylation sites is 1. The van der Waals surface area contributed by atoms with E-state index in [1.165, 1.54) is 5.56 Å². The second-order valence-electron chi connectivity index (χ2n) is 5.95. The van der Waals surface area contributed by atoms with Gasteiger partial charge in [-0.2, -0.15) is 0 Å². The topological polar surface area (TPSA) is 58.2 Å². The molecule has 0 fully saturated rings. The van der Waals surface area contributed by atoms with E-state index >= 15 is 0 Å². The Labute approximate surface area is 136 Å². The zero-order valence-corrected chi connectivity index (χ0v) is 13.9. The molecule has 0 spiro atoms. The maximum atomic E-state index is 12.1. The summed E-state index contributed by atoms with van der Waals surface area (Å²) in [7, 11) is 0.